The average Bonchev–Trinajstić information content (AvgIpc) is 3.18. The Morgan fingerprint density at radius 1 is 0.962 bits per heavy atom. The first-order chi connectivity index (χ1) is 12.5. The Morgan fingerprint density at radius 2 is 1.62 bits per heavy atom. The van der Waals surface area contributed by atoms with Crippen LogP contribution in [0.1, 0.15) is 56.9 Å². The quantitative estimate of drug-likeness (QED) is 0.847. The molecule has 1 aromatic carbocycles. The Kier molecular flexibility index (Phi) is 4.68. The van der Waals surface area contributed by atoms with Crippen molar-refractivity contribution in [3.63, 3.8) is 0 Å². The Labute approximate surface area is 155 Å². The Hall–Kier alpha value is -1.62. The minimum atomic E-state index is -0.790. The Morgan fingerprint density at radius 3 is 2.19 bits per heavy atom. The van der Waals surface area contributed by atoms with Crippen LogP contribution in [0.15, 0.2) is 24.3 Å². The highest BCUT2D eigenvalue weighted by Crippen LogP contribution is 2.53. The second-order valence-electron chi connectivity index (χ2n) is 8.51. The number of carbonyl (C=O) groups is 1. The highest BCUT2D eigenvalue weighted by atomic mass is 19.1. The molecular weight excluding hydrogens is 331 g/mol. The second-order valence-corrected chi connectivity index (χ2v) is 8.51. The van der Waals surface area contributed by atoms with E-state index in [0.29, 0.717) is 13.1 Å². The molecule has 0 aromatic heterocycles. The van der Waals surface area contributed by atoms with Crippen LogP contribution in [0.25, 0.3) is 0 Å². The lowest BCUT2D eigenvalue weighted by atomic mass is 9.61. The lowest BCUT2D eigenvalue weighted by Crippen LogP contribution is -2.51. The molecule has 4 rings (SSSR count). The first-order valence-corrected chi connectivity index (χ1v) is 10.0. The molecule has 4 nitrogen and oxygen atoms in total. The minimum absolute atomic E-state index is 0.0339. The molecule has 2 aliphatic heterocycles. The highest BCUT2D eigenvalue weighted by molar-refractivity contribution is 5.65. The maximum absolute atomic E-state index is 14.0. The third kappa shape index (κ3) is 3.11. The van der Waals surface area contributed by atoms with E-state index in [1.165, 1.54) is 18.9 Å². The molecule has 2 saturated heterocycles. The van der Waals surface area contributed by atoms with Gasteiger partial charge in [-0.05, 0) is 87.6 Å². The number of likely N-dealkylation sites (tertiary alicyclic amines) is 2. The number of benzene rings is 1. The van der Waals surface area contributed by atoms with Gasteiger partial charge in [-0.25, -0.2) is 9.18 Å². The molecule has 3 aliphatic rings. The van der Waals surface area contributed by atoms with E-state index >= 15 is 0 Å². The fourth-order valence-corrected chi connectivity index (χ4v) is 5.58. The van der Waals surface area contributed by atoms with Gasteiger partial charge >= 0.3 is 6.09 Å². The summed E-state index contributed by atoms with van der Waals surface area (Å²) in [5, 5.41) is 9.21. The van der Waals surface area contributed by atoms with E-state index in [1.54, 1.807) is 11.0 Å². The zero-order valence-corrected chi connectivity index (χ0v) is 15.4. The van der Waals surface area contributed by atoms with E-state index in [2.05, 4.69) is 11.0 Å². The molecule has 0 radical (unpaired) electrons. The van der Waals surface area contributed by atoms with Crippen LogP contribution in [0, 0.1) is 11.2 Å². The number of amides is 1. The minimum Gasteiger partial charge on any atom is -0.465 e. The monoisotopic (exact) mass is 360 g/mol. The number of hydrogen-bond acceptors (Lipinski definition) is 2. The lowest BCUT2D eigenvalue weighted by molar-refractivity contribution is -0.0105. The molecule has 0 atom stereocenters. The van der Waals surface area contributed by atoms with Crippen LogP contribution < -0.4 is 0 Å². The van der Waals surface area contributed by atoms with Gasteiger partial charge in [0, 0.05) is 18.6 Å². The highest BCUT2D eigenvalue weighted by Gasteiger charge is 2.48. The van der Waals surface area contributed by atoms with Crippen LogP contribution in [0.5, 0.6) is 0 Å². The smallest absolute Gasteiger partial charge is 0.407 e. The maximum Gasteiger partial charge on any atom is 0.407 e. The summed E-state index contributed by atoms with van der Waals surface area (Å²) in [6, 6.07) is 7.22. The Balaban J connectivity index is 1.54. The number of piperidine rings is 1. The van der Waals surface area contributed by atoms with Gasteiger partial charge in [0.05, 0.1) is 0 Å². The van der Waals surface area contributed by atoms with Gasteiger partial charge in [-0.15, -0.1) is 0 Å². The van der Waals surface area contributed by atoms with Gasteiger partial charge in [0.15, 0.2) is 0 Å². The predicted molar refractivity (Wildman–Crippen MR) is 98.6 cm³/mol. The van der Waals surface area contributed by atoms with Gasteiger partial charge in [0.2, 0.25) is 0 Å². The SMILES string of the molecule is O=C(O)N1CCC2(CC1)CCC(c1cccc(F)c1)(N1CCCC1)CC2. The van der Waals surface area contributed by atoms with Gasteiger partial charge in [-0.2, -0.15) is 0 Å². The van der Waals surface area contributed by atoms with Crippen molar-refractivity contribution < 1.29 is 14.3 Å². The van der Waals surface area contributed by atoms with Crippen molar-refractivity contribution in [2.75, 3.05) is 26.2 Å². The largest absolute Gasteiger partial charge is 0.465 e. The van der Waals surface area contributed by atoms with Crippen molar-refractivity contribution in [1.29, 1.82) is 0 Å². The summed E-state index contributed by atoms with van der Waals surface area (Å²) in [5.74, 6) is -0.142. The first-order valence-electron chi connectivity index (χ1n) is 10.0. The molecule has 0 bridgehead atoms. The van der Waals surface area contributed by atoms with Crippen molar-refractivity contribution in [2.24, 2.45) is 5.41 Å². The number of halogens is 1. The van der Waals surface area contributed by atoms with Gasteiger partial charge < -0.3 is 10.0 Å². The molecular formula is C21H29FN2O2. The van der Waals surface area contributed by atoms with E-state index in [9.17, 15) is 14.3 Å². The zero-order valence-electron chi connectivity index (χ0n) is 15.4. The molecule has 1 N–H and O–H groups in total. The topological polar surface area (TPSA) is 43.8 Å². The van der Waals surface area contributed by atoms with E-state index in [0.717, 1.165) is 57.2 Å². The van der Waals surface area contributed by atoms with Crippen molar-refractivity contribution >= 4 is 6.09 Å². The average molecular weight is 360 g/mol. The standard InChI is InChI=1S/C21H29FN2O2/c22-18-5-3-4-17(16-18)21(24-12-1-2-13-24)8-6-20(7-9-21)10-14-23(15-11-20)19(25)26/h3-5,16H,1-2,6-15H2,(H,25,26). The third-order valence-corrected chi connectivity index (χ3v) is 7.31. The maximum atomic E-state index is 14.0. The molecule has 1 aliphatic carbocycles. The van der Waals surface area contributed by atoms with E-state index < -0.39 is 6.09 Å². The fourth-order valence-electron chi connectivity index (χ4n) is 5.58. The van der Waals surface area contributed by atoms with Gasteiger partial charge in [-0.3, -0.25) is 4.90 Å². The molecule has 5 heteroatoms. The van der Waals surface area contributed by atoms with Gasteiger partial charge in [0.25, 0.3) is 0 Å². The molecule has 0 unspecified atom stereocenters. The van der Waals surface area contributed by atoms with E-state index in [1.807, 2.05) is 6.07 Å². The Bertz CT molecular complexity index is 654. The van der Waals surface area contributed by atoms with Gasteiger partial charge in [0.1, 0.15) is 5.82 Å². The molecule has 1 aromatic rings. The molecule has 2 heterocycles. The zero-order chi connectivity index (χ0) is 18.2. The molecule has 3 fully saturated rings. The molecule has 1 saturated carbocycles. The van der Waals surface area contributed by atoms with Crippen LogP contribution in [0.2, 0.25) is 0 Å². The third-order valence-electron chi connectivity index (χ3n) is 7.31. The summed E-state index contributed by atoms with van der Waals surface area (Å²) in [7, 11) is 0. The summed E-state index contributed by atoms with van der Waals surface area (Å²) in [4.78, 5) is 15.4. The summed E-state index contributed by atoms with van der Waals surface area (Å²) < 4.78 is 14.0. The van der Waals surface area contributed by atoms with Gasteiger partial charge in [-0.1, -0.05) is 12.1 Å². The summed E-state index contributed by atoms with van der Waals surface area (Å²) in [6.45, 7) is 3.53. The number of carboxylic acid groups (broad SMARTS) is 1. The second kappa shape index (κ2) is 6.84. The molecule has 1 amide bonds. The van der Waals surface area contributed by atoms with Crippen LogP contribution in [0.4, 0.5) is 9.18 Å². The fraction of sp³-hybridized carbons (Fsp3) is 0.667. The van der Waals surface area contributed by atoms with Crippen molar-refractivity contribution in [1.82, 2.24) is 9.80 Å². The van der Waals surface area contributed by atoms with Crippen LogP contribution in [-0.2, 0) is 5.54 Å². The summed E-state index contributed by atoms with van der Waals surface area (Å²) in [6.07, 6.45) is 7.97. The van der Waals surface area contributed by atoms with Crippen LogP contribution in [0.3, 0.4) is 0 Å². The van der Waals surface area contributed by atoms with Crippen molar-refractivity contribution in [3.05, 3.63) is 35.6 Å². The molecule has 26 heavy (non-hydrogen) atoms. The predicted octanol–water partition coefficient (Wildman–Crippen LogP) is 4.45. The molecule has 1 spiro atoms. The lowest BCUT2D eigenvalue weighted by Gasteiger charge is -2.53. The number of rotatable bonds is 2. The first kappa shape index (κ1) is 17.8. The van der Waals surface area contributed by atoms with E-state index in [4.69, 9.17) is 0 Å². The van der Waals surface area contributed by atoms with E-state index in [-0.39, 0.29) is 16.8 Å². The number of nitrogens with zero attached hydrogens (tertiary/aromatic N) is 2. The normalized spacial score (nSPS) is 25.5. The van der Waals surface area contributed by atoms with Crippen molar-refractivity contribution in [3.8, 4) is 0 Å². The van der Waals surface area contributed by atoms with Crippen molar-refractivity contribution in [2.45, 2.75) is 56.9 Å². The van der Waals surface area contributed by atoms with Crippen LogP contribution in [-0.4, -0.2) is 47.2 Å². The summed E-state index contributed by atoms with van der Waals surface area (Å²) in [5.41, 5.74) is 1.38. The van der Waals surface area contributed by atoms with Crippen LogP contribution >= 0.6 is 0 Å². The molecule has 142 valence electrons. The summed E-state index contributed by atoms with van der Waals surface area (Å²) >= 11 is 0. The number of hydrogen-bond donors (Lipinski definition) is 1.